The van der Waals surface area contributed by atoms with E-state index in [9.17, 15) is 19.2 Å². The van der Waals surface area contributed by atoms with Gasteiger partial charge in [-0.05, 0) is 106 Å². The fraction of sp³-hybridized carbons (Fsp3) is 0.409. The van der Waals surface area contributed by atoms with Gasteiger partial charge in [0.05, 0.1) is 23.3 Å². The summed E-state index contributed by atoms with van der Waals surface area (Å²) < 4.78 is 14.4. The van der Waals surface area contributed by atoms with Gasteiger partial charge in [0.15, 0.2) is 0 Å². The van der Waals surface area contributed by atoms with Gasteiger partial charge >= 0.3 is 0 Å². The highest BCUT2D eigenvalue weighted by atomic mass is 16.5. The molecule has 0 aliphatic carbocycles. The fourth-order valence-corrected chi connectivity index (χ4v) is 8.87. The molecule has 0 radical (unpaired) electrons. The Kier molecular flexibility index (Phi) is 10.2. The number of nitrogens with one attached hydrogen (secondary N) is 1. The zero-order valence-corrected chi connectivity index (χ0v) is 32.2. The number of nitrogens with zero attached hydrogens (tertiary/aromatic N) is 6. The van der Waals surface area contributed by atoms with Gasteiger partial charge in [-0.2, -0.15) is 0 Å². The number of hydrogen-bond acceptors (Lipinski definition) is 10. The van der Waals surface area contributed by atoms with Crippen LogP contribution in [-0.4, -0.2) is 111 Å². The molecule has 57 heavy (non-hydrogen) atoms. The van der Waals surface area contributed by atoms with Crippen LogP contribution in [0.3, 0.4) is 0 Å². The number of pyridine rings is 2. The Morgan fingerprint density at radius 1 is 0.789 bits per heavy atom. The summed E-state index contributed by atoms with van der Waals surface area (Å²) in [6.45, 7) is 6.88. The Morgan fingerprint density at radius 3 is 2.42 bits per heavy atom. The minimum atomic E-state index is -0.975. The number of aromatic nitrogens is 3. The number of carbonyl (C=O) groups is 4. The van der Waals surface area contributed by atoms with Crippen LogP contribution < -0.4 is 14.8 Å². The number of likely N-dealkylation sites (tertiary alicyclic amines) is 2. The minimum absolute atomic E-state index is 0.0914. The molecule has 2 aromatic carbocycles. The zero-order valence-electron chi connectivity index (χ0n) is 32.2. The van der Waals surface area contributed by atoms with E-state index in [4.69, 9.17) is 9.47 Å². The molecular weight excluding hydrogens is 723 g/mol. The van der Waals surface area contributed by atoms with Crippen molar-refractivity contribution in [3.05, 3.63) is 84.3 Å². The number of imide groups is 2. The van der Waals surface area contributed by atoms with Crippen molar-refractivity contribution in [3.8, 4) is 22.8 Å². The summed E-state index contributed by atoms with van der Waals surface area (Å²) in [5.41, 5.74) is 5.03. The number of aryl methyl sites for hydroxylation is 1. The van der Waals surface area contributed by atoms with Crippen LogP contribution in [0.4, 0.5) is 0 Å². The van der Waals surface area contributed by atoms with Gasteiger partial charge in [-0.1, -0.05) is 12.1 Å². The molecule has 4 aliphatic heterocycles. The van der Waals surface area contributed by atoms with Crippen LogP contribution in [0.5, 0.6) is 11.6 Å². The molecule has 0 saturated carbocycles. The highest BCUT2D eigenvalue weighted by molar-refractivity contribution is 6.23. The molecule has 3 fully saturated rings. The molecule has 5 aromatic rings. The molecule has 1 atom stereocenters. The van der Waals surface area contributed by atoms with Crippen molar-refractivity contribution in [2.45, 2.75) is 57.1 Å². The molecule has 1 N–H and O–H groups in total. The largest absolute Gasteiger partial charge is 0.494 e. The summed E-state index contributed by atoms with van der Waals surface area (Å²) in [4.78, 5) is 64.9. The van der Waals surface area contributed by atoms with E-state index in [1.807, 2.05) is 24.7 Å². The molecule has 9 rings (SSSR count). The average molecular weight is 770 g/mol. The summed E-state index contributed by atoms with van der Waals surface area (Å²) in [5, 5.41) is 4.59. The lowest BCUT2D eigenvalue weighted by atomic mass is 9.94. The minimum Gasteiger partial charge on any atom is -0.494 e. The highest BCUT2D eigenvalue weighted by Gasteiger charge is 2.44. The van der Waals surface area contributed by atoms with Crippen molar-refractivity contribution in [1.82, 2.24) is 34.6 Å². The van der Waals surface area contributed by atoms with Crippen LogP contribution in [0, 0.1) is 5.92 Å². The van der Waals surface area contributed by atoms with Crippen LogP contribution in [0.1, 0.15) is 65.7 Å². The summed E-state index contributed by atoms with van der Waals surface area (Å²) >= 11 is 0. The van der Waals surface area contributed by atoms with E-state index in [-0.39, 0.29) is 30.1 Å². The molecule has 4 amide bonds. The van der Waals surface area contributed by atoms with Crippen molar-refractivity contribution in [1.29, 1.82) is 0 Å². The molecule has 3 saturated heterocycles. The standard InChI is InChI=1S/C44H47N7O6/c1-48-37-13-16-45-24-36(37)33-8-5-29(21-39(33)48)30-6-12-41(46-23-30)57-32-26-50(27-32)25-28-14-18-49(19-15-28)17-3-2-4-20-56-31-7-9-34-35(22-31)44(55)51(43(34)54)38-10-11-40(52)47-42(38)53/h5-9,12-13,16,21-24,28,32,38H,2-4,10-11,14-15,17-20,25-27H2,1H3,(H,47,52,53). The quantitative estimate of drug-likeness (QED) is 0.125. The van der Waals surface area contributed by atoms with Gasteiger partial charge in [-0.3, -0.25) is 39.3 Å². The molecule has 13 nitrogen and oxygen atoms in total. The lowest BCUT2D eigenvalue weighted by Gasteiger charge is -2.42. The SMILES string of the molecule is Cn1c2ccncc2c2ccc(-c3ccc(OC4CN(CC5CCN(CCCCCOc6ccc7c(c6)C(=O)N(C6CCC(=O)NC6=O)C7=O)CC5)C4)nc3)cc21. The van der Waals surface area contributed by atoms with Gasteiger partial charge in [0, 0.05) is 79.6 Å². The lowest BCUT2D eigenvalue weighted by molar-refractivity contribution is -0.136. The van der Waals surface area contributed by atoms with Crippen LogP contribution in [0.2, 0.25) is 0 Å². The molecule has 0 bridgehead atoms. The van der Waals surface area contributed by atoms with E-state index in [0.717, 1.165) is 79.9 Å². The molecule has 0 spiro atoms. The number of ether oxygens (including phenoxy) is 2. The second-order valence-electron chi connectivity index (χ2n) is 15.9. The number of rotatable bonds is 13. The van der Waals surface area contributed by atoms with E-state index in [0.29, 0.717) is 24.2 Å². The first kappa shape index (κ1) is 36.9. The Morgan fingerprint density at radius 2 is 1.61 bits per heavy atom. The lowest BCUT2D eigenvalue weighted by Crippen LogP contribution is -2.55. The molecule has 3 aromatic heterocycles. The maximum absolute atomic E-state index is 13.1. The first-order valence-corrected chi connectivity index (χ1v) is 20.2. The van der Waals surface area contributed by atoms with Crippen LogP contribution in [-0.2, 0) is 16.6 Å². The highest BCUT2D eigenvalue weighted by Crippen LogP contribution is 2.33. The Hall–Kier alpha value is -5.66. The third-order valence-electron chi connectivity index (χ3n) is 12.1. The number of piperidine rings is 2. The third-order valence-corrected chi connectivity index (χ3v) is 12.1. The summed E-state index contributed by atoms with van der Waals surface area (Å²) in [6, 6.07) is 16.6. The second kappa shape index (κ2) is 15.7. The van der Waals surface area contributed by atoms with Crippen molar-refractivity contribution in [2.24, 2.45) is 13.0 Å². The first-order valence-electron chi connectivity index (χ1n) is 20.2. The maximum Gasteiger partial charge on any atom is 0.262 e. The van der Waals surface area contributed by atoms with Gasteiger partial charge < -0.3 is 18.9 Å². The number of unbranched alkanes of at least 4 members (excludes halogenated alkanes) is 2. The number of hydrogen-bond donors (Lipinski definition) is 1. The summed E-state index contributed by atoms with van der Waals surface area (Å²) in [7, 11) is 2.10. The van der Waals surface area contributed by atoms with E-state index >= 15 is 0 Å². The Bertz CT molecular complexity index is 2340. The number of benzene rings is 2. The predicted molar refractivity (Wildman–Crippen MR) is 214 cm³/mol. The van der Waals surface area contributed by atoms with Gasteiger partial charge in [-0.25, -0.2) is 4.98 Å². The van der Waals surface area contributed by atoms with Gasteiger partial charge in [0.1, 0.15) is 17.9 Å². The van der Waals surface area contributed by atoms with Crippen molar-refractivity contribution < 1.29 is 28.7 Å². The molecular formula is C44H47N7O6. The molecule has 294 valence electrons. The Balaban J connectivity index is 0.648. The number of fused-ring (bicyclic) bond motifs is 4. The summed E-state index contributed by atoms with van der Waals surface area (Å²) in [5.74, 6) is -0.126. The number of carbonyl (C=O) groups excluding carboxylic acids is 4. The molecule has 4 aliphatic rings. The first-order chi connectivity index (χ1) is 27.8. The number of amides is 4. The third kappa shape index (κ3) is 7.49. The van der Waals surface area contributed by atoms with Gasteiger partial charge in [0.25, 0.3) is 11.8 Å². The van der Waals surface area contributed by atoms with Crippen molar-refractivity contribution in [2.75, 3.05) is 45.9 Å². The zero-order chi connectivity index (χ0) is 39.0. The van der Waals surface area contributed by atoms with Crippen molar-refractivity contribution in [3.63, 3.8) is 0 Å². The predicted octanol–water partition coefficient (Wildman–Crippen LogP) is 5.21. The topological polar surface area (TPSA) is 139 Å². The van der Waals surface area contributed by atoms with E-state index in [1.165, 1.54) is 29.3 Å². The fourth-order valence-electron chi connectivity index (χ4n) is 8.87. The monoisotopic (exact) mass is 769 g/mol. The van der Waals surface area contributed by atoms with Crippen molar-refractivity contribution >= 4 is 45.4 Å². The Labute approximate surface area is 330 Å². The van der Waals surface area contributed by atoms with Gasteiger partial charge in [-0.15, -0.1) is 0 Å². The van der Waals surface area contributed by atoms with E-state index in [1.54, 1.807) is 18.2 Å². The summed E-state index contributed by atoms with van der Waals surface area (Å²) in [6.07, 6.45) is 11.5. The molecule has 1 unspecified atom stereocenters. The molecule has 13 heteroatoms. The second-order valence-corrected chi connectivity index (χ2v) is 15.9. The smallest absolute Gasteiger partial charge is 0.262 e. The van der Waals surface area contributed by atoms with Crippen LogP contribution in [0.25, 0.3) is 32.9 Å². The molecule has 7 heterocycles. The van der Waals surface area contributed by atoms with Gasteiger partial charge in [0.2, 0.25) is 17.7 Å². The van der Waals surface area contributed by atoms with E-state index in [2.05, 4.69) is 67.0 Å². The average Bonchev–Trinajstić information content (AvgIpc) is 3.64. The van der Waals surface area contributed by atoms with Crippen LogP contribution >= 0.6 is 0 Å². The van der Waals surface area contributed by atoms with E-state index < -0.39 is 29.7 Å². The maximum atomic E-state index is 13.1. The normalized spacial score (nSPS) is 19.7. The van der Waals surface area contributed by atoms with Crippen LogP contribution in [0.15, 0.2) is 73.2 Å².